The highest BCUT2D eigenvalue weighted by atomic mass is 31.2. The number of carbonyl (C=O) groups is 1. The van der Waals surface area contributed by atoms with Gasteiger partial charge in [-0.3, -0.25) is 9.36 Å². The summed E-state index contributed by atoms with van der Waals surface area (Å²) in [4.78, 5) is 25.6. The van der Waals surface area contributed by atoms with Gasteiger partial charge in [0.25, 0.3) is 7.82 Å². The number of aliphatic hydroxyl groups is 1. The number of nitrogens with one attached hydrogen (secondary N) is 1. The molecule has 0 saturated heterocycles. The molecule has 0 aliphatic rings. The highest BCUT2D eigenvalue weighted by Gasteiger charge is 2.24. The Balaban J connectivity index is 4.08. The van der Waals surface area contributed by atoms with Crippen molar-refractivity contribution >= 4 is 13.7 Å². The maximum Gasteiger partial charge on any atom is 0.268 e. The fourth-order valence-electron chi connectivity index (χ4n) is 9.80. The highest BCUT2D eigenvalue weighted by Crippen LogP contribution is 2.38. The molecule has 0 aromatic rings. The standard InChI is InChI=1S/C66H127N2O6P/c1-6-8-10-12-14-16-18-20-22-24-26-28-30-32-33-34-36-37-39-41-43-45-47-49-51-53-55-57-59-65(69)64(63-74-75(71,72)73-62-61-68(3,4)5)67-66(70)60-58-56-54-52-50-48-46-44-42-40-38-35-31-29-27-25-23-21-19-17-15-13-11-9-7-2/h9,11,15,17,21,23,27,29,64-65,69H,6-8,10,12-14,16,18-20,22,24-26,28,30-63H2,1-5H3,(H-,67,70,71,72)/b11-9-,17-15-,23-21-,29-27-. The first-order valence-electron chi connectivity index (χ1n) is 32.5. The maximum absolute atomic E-state index is 13.0. The minimum atomic E-state index is -4.58. The number of phosphoric ester groups is 1. The molecule has 0 saturated carbocycles. The number of hydrogen-bond acceptors (Lipinski definition) is 6. The molecule has 0 aliphatic carbocycles. The fourth-order valence-corrected chi connectivity index (χ4v) is 10.5. The number of rotatable bonds is 60. The highest BCUT2D eigenvalue weighted by molar-refractivity contribution is 7.45. The van der Waals surface area contributed by atoms with Gasteiger partial charge in [0.2, 0.25) is 5.91 Å². The number of quaternary nitrogens is 1. The van der Waals surface area contributed by atoms with Crippen LogP contribution in [0.1, 0.15) is 316 Å². The average Bonchev–Trinajstić information content (AvgIpc) is 3.37. The first-order chi connectivity index (χ1) is 36.5. The lowest BCUT2D eigenvalue weighted by atomic mass is 10.0. The number of hydrogen-bond donors (Lipinski definition) is 2. The summed E-state index contributed by atoms with van der Waals surface area (Å²) in [5.74, 6) is -0.164. The quantitative estimate of drug-likeness (QED) is 0.0272. The molecule has 0 fully saturated rings. The van der Waals surface area contributed by atoms with Gasteiger partial charge in [-0.25, -0.2) is 0 Å². The summed E-state index contributed by atoms with van der Waals surface area (Å²) >= 11 is 0. The molecule has 0 spiro atoms. The molecule has 0 aromatic heterocycles. The second-order valence-electron chi connectivity index (χ2n) is 23.4. The van der Waals surface area contributed by atoms with E-state index in [2.05, 4.69) is 67.8 Å². The third kappa shape index (κ3) is 60.0. The van der Waals surface area contributed by atoms with Gasteiger partial charge in [-0.05, 0) is 51.4 Å². The van der Waals surface area contributed by atoms with Gasteiger partial charge >= 0.3 is 0 Å². The minimum absolute atomic E-state index is 0.0116. The summed E-state index contributed by atoms with van der Waals surface area (Å²) in [6, 6.07) is -0.804. The van der Waals surface area contributed by atoms with E-state index >= 15 is 0 Å². The topological polar surface area (TPSA) is 108 Å². The summed E-state index contributed by atoms with van der Waals surface area (Å²) in [6.07, 6.45) is 75.9. The van der Waals surface area contributed by atoms with Crippen molar-refractivity contribution in [2.45, 2.75) is 328 Å². The Bertz CT molecular complexity index is 1360. The molecular formula is C66H127N2O6P. The van der Waals surface area contributed by atoms with Crippen LogP contribution in [-0.4, -0.2) is 68.5 Å². The van der Waals surface area contributed by atoms with Crippen LogP contribution in [0.15, 0.2) is 48.6 Å². The van der Waals surface area contributed by atoms with E-state index in [1.807, 2.05) is 21.1 Å². The van der Waals surface area contributed by atoms with Crippen LogP contribution in [-0.2, 0) is 18.4 Å². The van der Waals surface area contributed by atoms with Crippen molar-refractivity contribution in [3.8, 4) is 0 Å². The lowest BCUT2D eigenvalue weighted by molar-refractivity contribution is -0.870. The van der Waals surface area contributed by atoms with Crippen LogP contribution in [0.5, 0.6) is 0 Å². The molecule has 0 radical (unpaired) electrons. The van der Waals surface area contributed by atoms with E-state index in [4.69, 9.17) is 9.05 Å². The molecule has 2 N–H and O–H groups in total. The number of likely N-dealkylation sites (N-methyl/N-ethyl adjacent to an activating group) is 1. The Morgan fingerprint density at radius 1 is 0.480 bits per heavy atom. The Morgan fingerprint density at radius 2 is 0.813 bits per heavy atom. The van der Waals surface area contributed by atoms with Crippen LogP contribution in [0.4, 0.5) is 0 Å². The van der Waals surface area contributed by atoms with E-state index in [0.717, 1.165) is 64.2 Å². The number of phosphoric acid groups is 1. The smallest absolute Gasteiger partial charge is 0.268 e. The molecule has 0 heterocycles. The molecule has 442 valence electrons. The number of carbonyl (C=O) groups excluding carboxylic acids is 1. The van der Waals surface area contributed by atoms with Crippen molar-refractivity contribution in [2.24, 2.45) is 0 Å². The van der Waals surface area contributed by atoms with Crippen LogP contribution >= 0.6 is 7.82 Å². The van der Waals surface area contributed by atoms with E-state index in [-0.39, 0.29) is 19.1 Å². The number of amides is 1. The zero-order chi connectivity index (χ0) is 54.9. The molecule has 3 unspecified atom stereocenters. The van der Waals surface area contributed by atoms with Gasteiger partial charge in [-0.2, -0.15) is 0 Å². The second kappa shape index (κ2) is 57.2. The number of aliphatic hydroxyl groups excluding tert-OH is 1. The number of unbranched alkanes of at least 4 members (excludes halogenated alkanes) is 39. The summed E-state index contributed by atoms with van der Waals surface area (Å²) in [6.45, 7) is 4.65. The predicted octanol–water partition coefficient (Wildman–Crippen LogP) is 19.6. The monoisotopic (exact) mass is 1070 g/mol. The molecule has 1 amide bonds. The molecular weight excluding hydrogens is 948 g/mol. The van der Waals surface area contributed by atoms with E-state index in [1.165, 1.54) is 225 Å². The summed E-state index contributed by atoms with van der Waals surface area (Å²) in [5.41, 5.74) is 0. The Kier molecular flexibility index (Phi) is 56.0. The van der Waals surface area contributed by atoms with Crippen molar-refractivity contribution in [1.82, 2.24) is 5.32 Å². The number of nitrogens with zero attached hydrogens (tertiary/aromatic N) is 1. The van der Waals surface area contributed by atoms with E-state index in [1.54, 1.807) is 0 Å². The van der Waals surface area contributed by atoms with E-state index in [0.29, 0.717) is 23.9 Å². The van der Waals surface area contributed by atoms with Crippen LogP contribution < -0.4 is 10.2 Å². The fraction of sp³-hybridized carbons (Fsp3) is 0.864. The van der Waals surface area contributed by atoms with Gasteiger partial charge in [-0.15, -0.1) is 0 Å². The minimum Gasteiger partial charge on any atom is -0.756 e. The van der Waals surface area contributed by atoms with Gasteiger partial charge in [0.05, 0.1) is 39.9 Å². The molecule has 0 bridgehead atoms. The van der Waals surface area contributed by atoms with Crippen molar-refractivity contribution in [1.29, 1.82) is 0 Å². The third-order valence-electron chi connectivity index (χ3n) is 14.8. The zero-order valence-electron chi connectivity index (χ0n) is 50.5. The Labute approximate surface area is 467 Å². The Hall–Kier alpha value is -1.54. The first kappa shape index (κ1) is 73.5. The van der Waals surface area contributed by atoms with Gasteiger partial charge < -0.3 is 28.8 Å². The van der Waals surface area contributed by atoms with Gasteiger partial charge in [0.1, 0.15) is 13.2 Å². The lowest BCUT2D eigenvalue weighted by Crippen LogP contribution is -2.46. The van der Waals surface area contributed by atoms with Crippen molar-refractivity contribution in [3.63, 3.8) is 0 Å². The van der Waals surface area contributed by atoms with Gasteiger partial charge in [0, 0.05) is 6.42 Å². The van der Waals surface area contributed by atoms with Crippen LogP contribution in [0.3, 0.4) is 0 Å². The molecule has 0 aromatic carbocycles. The van der Waals surface area contributed by atoms with Crippen molar-refractivity contribution < 1.29 is 32.9 Å². The molecule has 9 heteroatoms. The maximum atomic E-state index is 13.0. The van der Waals surface area contributed by atoms with E-state index in [9.17, 15) is 19.4 Å². The lowest BCUT2D eigenvalue weighted by Gasteiger charge is -2.30. The molecule has 0 aliphatic heterocycles. The SMILES string of the molecule is CC/C=C\C/C=C\C/C=C\C/C=C\CCCCCCCCCCCCCCC(=O)NC(COP(=O)([O-])OCC[N+](C)(C)C)C(O)CCCCCCCCCCCCCCCCCCCCCCCCCCCCCC. The summed E-state index contributed by atoms with van der Waals surface area (Å²) in [5, 5.41) is 14.1. The van der Waals surface area contributed by atoms with Crippen molar-refractivity contribution in [2.75, 3.05) is 40.9 Å². The third-order valence-corrected chi connectivity index (χ3v) is 15.8. The molecule has 75 heavy (non-hydrogen) atoms. The predicted molar refractivity (Wildman–Crippen MR) is 325 cm³/mol. The van der Waals surface area contributed by atoms with Crippen molar-refractivity contribution in [3.05, 3.63) is 48.6 Å². The number of allylic oxidation sites excluding steroid dienone is 8. The zero-order valence-corrected chi connectivity index (χ0v) is 51.4. The van der Waals surface area contributed by atoms with Crippen LogP contribution in [0.2, 0.25) is 0 Å². The Morgan fingerprint density at radius 3 is 1.19 bits per heavy atom. The normalized spacial score (nSPS) is 14.1. The second-order valence-corrected chi connectivity index (χ2v) is 24.9. The average molecular weight is 1080 g/mol. The van der Waals surface area contributed by atoms with Crippen LogP contribution in [0.25, 0.3) is 0 Å². The molecule has 3 atom stereocenters. The van der Waals surface area contributed by atoms with Gasteiger partial charge in [-0.1, -0.05) is 306 Å². The van der Waals surface area contributed by atoms with Gasteiger partial charge in [0.15, 0.2) is 0 Å². The molecule has 8 nitrogen and oxygen atoms in total. The van der Waals surface area contributed by atoms with Crippen LogP contribution in [0, 0.1) is 0 Å². The first-order valence-corrected chi connectivity index (χ1v) is 33.9. The largest absolute Gasteiger partial charge is 0.756 e. The molecule has 0 rings (SSSR count). The van der Waals surface area contributed by atoms with E-state index < -0.39 is 20.0 Å². The summed E-state index contributed by atoms with van der Waals surface area (Å²) in [7, 11) is 1.31. The summed E-state index contributed by atoms with van der Waals surface area (Å²) < 4.78 is 23.5.